The van der Waals surface area contributed by atoms with Gasteiger partial charge in [0.1, 0.15) is 5.82 Å². The first-order valence-corrected chi connectivity index (χ1v) is 6.08. The quantitative estimate of drug-likeness (QED) is 0.745. The second kappa shape index (κ2) is 4.70. The number of hydrogen-bond acceptors (Lipinski definition) is 4. The van der Waals surface area contributed by atoms with E-state index in [-0.39, 0.29) is 6.61 Å². The molecule has 3 aromatic rings. The molecule has 0 aliphatic carbocycles. The Morgan fingerprint density at radius 3 is 2.95 bits per heavy atom. The maximum Gasteiger partial charge on any atom is 0.122 e. The normalized spacial score (nSPS) is 11.0. The molecular weight excluding hydrogens is 240 g/mol. The van der Waals surface area contributed by atoms with Crippen LogP contribution in [0.15, 0.2) is 42.6 Å². The van der Waals surface area contributed by atoms with Crippen LogP contribution in [0.1, 0.15) is 0 Å². The molecule has 2 heterocycles. The molecule has 0 saturated carbocycles. The van der Waals surface area contributed by atoms with Crippen LogP contribution in [-0.2, 0) is 6.54 Å². The fourth-order valence-corrected chi connectivity index (χ4v) is 2.16. The third-order valence-corrected chi connectivity index (χ3v) is 3.04. The summed E-state index contributed by atoms with van der Waals surface area (Å²) < 4.78 is 1.60. The fraction of sp³-hybridized carbons (Fsp3) is 0.143. The van der Waals surface area contributed by atoms with Gasteiger partial charge in [-0.2, -0.15) is 5.10 Å². The average molecular weight is 254 g/mol. The number of aliphatic hydroxyl groups is 1. The van der Waals surface area contributed by atoms with E-state index in [2.05, 4.69) is 10.1 Å². The van der Waals surface area contributed by atoms with Crippen LogP contribution in [0, 0.1) is 0 Å². The highest BCUT2D eigenvalue weighted by Gasteiger charge is 2.09. The summed E-state index contributed by atoms with van der Waals surface area (Å²) in [6.07, 6.45) is 1.77. The smallest absolute Gasteiger partial charge is 0.122 e. The van der Waals surface area contributed by atoms with E-state index in [0.29, 0.717) is 12.4 Å². The molecule has 2 aromatic heterocycles. The first-order valence-electron chi connectivity index (χ1n) is 6.08. The molecule has 96 valence electrons. The van der Waals surface area contributed by atoms with Crippen molar-refractivity contribution in [2.24, 2.45) is 0 Å². The molecule has 0 fully saturated rings. The van der Waals surface area contributed by atoms with E-state index in [1.807, 2.05) is 36.4 Å². The molecule has 0 atom stereocenters. The van der Waals surface area contributed by atoms with E-state index in [0.717, 1.165) is 22.2 Å². The van der Waals surface area contributed by atoms with Crippen LogP contribution in [0.2, 0.25) is 0 Å². The van der Waals surface area contributed by atoms with Gasteiger partial charge in [0.2, 0.25) is 0 Å². The number of nitrogens with zero attached hydrogens (tertiary/aromatic N) is 3. The van der Waals surface area contributed by atoms with Crippen molar-refractivity contribution >= 4 is 16.7 Å². The predicted octanol–water partition coefficient (Wildman–Crippen LogP) is 1.67. The first-order chi connectivity index (χ1) is 9.29. The number of pyridine rings is 1. The van der Waals surface area contributed by atoms with Crippen LogP contribution < -0.4 is 5.73 Å². The molecule has 0 aliphatic heterocycles. The summed E-state index contributed by atoms with van der Waals surface area (Å²) in [7, 11) is 0. The van der Waals surface area contributed by atoms with Gasteiger partial charge in [-0.05, 0) is 12.1 Å². The first kappa shape index (κ1) is 11.7. The van der Waals surface area contributed by atoms with Gasteiger partial charge < -0.3 is 10.8 Å². The minimum Gasteiger partial charge on any atom is -0.394 e. The Labute approximate surface area is 110 Å². The summed E-state index contributed by atoms with van der Waals surface area (Å²) in [6, 6.07) is 11.6. The highest BCUT2D eigenvalue weighted by atomic mass is 16.3. The molecule has 3 N–H and O–H groups in total. The standard InChI is InChI=1S/C14H14N4O/c15-14-9-13(17-18(14)7-8-19)11-3-1-5-12-10(11)4-2-6-16-12/h1-6,9,19H,7-8,15H2. The summed E-state index contributed by atoms with van der Waals surface area (Å²) >= 11 is 0. The number of fused-ring (bicyclic) bond motifs is 1. The summed E-state index contributed by atoms with van der Waals surface area (Å²) in [6.45, 7) is 0.414. The third kappa shape index (κ3) is 2.04. The van der Waals surface area contributed by atoms with Gasteiger partial charge in [-0.25, -0.2) is 4.68 Å². The van der Waals surface area contributed by atoms with Crippen LogP contribution in [-0.4, -0.2) is 26.5 Å². The fourth-order valence-electron chi connectivity index (χ4n) is 2.16. The maximum atomic E-state index is 8.97. The van der Waals surface area contributed by atoms with Gasteiger partial charge in [-0.3, -0.25) is 4.98 Å². The highest BCUT2D eigenvalue weighted by Crippen LogP contribution is 2.27. The highest BCUT2D eigenvalue weighted by molar-refractivity contribution is 5.93. The van der Waals surface area contributed by atoms with Gasteiger partial charge in [-0.15, -0.1) is 0 Å². The minimum absolute atomic E-state index is 0.0163. The Bertz CT molecular complexity index is 715. The Kier molecular flexibility index (Phi) is 2.89. The molecule has 5 heteroatoms. The van der Waals surface area contributed by atoms with Gasteiger partial charge in [-0.1, -0.05) is 18.2 Å². The Morgan fingerprint density at radius 1 is 1.21 bits per heavy atom. The molecule has 0 unspecified atom stereocenters. The number of benzene rings is 1. The molecule has 3 rings (SSSR count). The SMILES string of the molecule is Nc1cc(-c2cccc3ncccc23)nn1CCO. The number of nitrogens with two attached hydrogens (primary N) is 1. The second-order valence-electron chi connectivity index (χ2n) is 4.28. The summed E-state index contributed by atoms with van der Waals surface area (Å²) in [5.74, 6) is 0.546. The van der Waals surface area contributed by atoms with Gasteiger partial charge >= 0.3 is 0 Å². The number of anilines is 1. The van der Waals surface area contributed by atoms with Crippen LogP contribution in [0.5, 0.6) is 0 Å². The molecule has 5 nitrogen and oxygen atoms in total. The molecule has 0 spiro atoms. The molecule has 0 radical (unpaired) electrons. The van der Waals surface area contributed by atoms with Crippen molar-refractivity contribution in [3.05, 3.63) is 42.6 Å². The summed E-state index contributed by atoms with van der Waals surface area (Å²) in [4.78, 5) is 4.33. The molecular formula is C14H14N4O. The summed E-state index contributed by atoms with van der Waals surface area (Å²) in [5, 5.41) is 14.4. The van der Waals surface area contributed by atoms with Gasteiger partial charge in [0.15, 0.2) is 0 Å². The predicted molar refractivity (Wildman–Crippen MR) is 74.5 cm³/mol. The van der Waals surface area contributed by atoms with Crippen LogP contribution >= 0.6 is 0 Å². The van der Waals surface area contributed by atoms with Crippen molar-refractivity contribution in [3.63, 3.8) is 0 Å². The lowest BCUT2D eigenvalue weighted by molar-refractivity contribution is 0.270. The summed E-state index contributed by atoms with van der Waals surface area (Å²) in [5.41, 5.74) is 8.60. The molecule has 19 heavy (non-hydrogen) atoms. The molecule has 0 bridgehead atoms. The molecule has 0 saturated heterocycles. The van der Waals surface area contributed by atoms with Gasteiger partial charge in [0.05, 0.1) is 24.4 Å². The van der Waals surface area contributed by atoms with E-state index in [9.17, 15) is 0 Å². The zero-order chi connectivity index (χ0) is 13.2. The van der Waals surface area contributed by atoms with E-state index >= 15 is 0 Å². The van der Waals surface area contributed by atoms with E-state index < -0.39 is 0 Å². The Balaban J connectivity index is 2.16. The van der Waals surface area contributed by atoms with E-state index in [4.69, 9.17) is 10.8 Å². The van der Waals surface area contributed by atoms with Crippen LogP contribution in [0.3, 0.4) is 0 Å². The zero-order valence-corrected chi connectivity index (χ0v) is 10.3. The number of hydrogen-bond donors (Lipinski definition) is 2. The lowest BCUT2D eigenvalue weighted by Gasteiger charge is -2.03. The van der Waals surface area contributed by atoms with Crippen molar-refractivity contribution < 1.29 is 5.11 Å². The average Bonchev–Trinajstić information content (AvgIpc) is 2.80. The molecule has 0 amide bonds. The van der Waals surface area contributed by atoms with Crippen molar-refractivity contribution in [3.8, 4) is 11.3 Å². The number of aliphatic hydroxyl groups excluding tert-OH is 1. The second-order valence-corrected chi connectivity index (χ2v) is 4.28. The largest absolute Gasteiger partial charge is 0.394 e. The van der Waals surface area contributed by atoms with E-state index in [1.165, 1.54) is 0 Å². The maximum absolute atomic E-state index is 8.97. The minimum atomic E-state index is 0.0163. The number of aromatic nitrogens is 3. The lowest BCUT2D eigenvalue weighted by atomic mass is 10.1. The van der Waals surface area contributed by atoms with Gasteiger partial charge in [0.25, 0.3) is 0 Å². The Morgan fingerprint density at radius 2 is 2.11 bits per heavy atom. The van der Waals surface area contributed by atoms with Crippen molar-refractivity contribution in [2.45, 2.75) is 6.54 Å². The van der Waals surface area contributed by atoms with Crippen molar-refractivity contribution in [1.29, 1.82) is 0 Å². The zero-order valence-electron chi connectivity index (χ0n) is 10.3. The Hall–Kier alpha value is -2.40. The molecule has 0 aliphatic rings. The lowest BCUT2D eigenvalue weighted by Crippen LogP contribution is -2.07. The van der Waals surface area contributed by atoms with E-state index in [1.54, 1.807) is 10.9 Å². The van der Waals surface area contributed by atoms with Crippen LogP contribution in [0.25, 0.3) is 22.2 Å². The van der Waals surface area contributed by atoms with Crippen molar-refractivity contribution in [2.75, 3.05) is 12.3 Å². The number of nitrogen functional groups attached to an aromatic ring is 1. The monoisotopic (exact) mass is 254 g/mol. The topological polar surface area (TPSA) is 77.0 Å². The van der Waals surface area contributed by atoms with Crippen LogP contribution in [0.4, 0.5) is 5.82 Å². The number of rotatable bonds is 3. The van der Waals surface area contributed by atoms with Crippen molar-refractivity contribution in [1.82, 2.24) is 14.8 Å². The third-order valence-electron chi connectivity index (χ3n) is 3.04. The van der Waals surface area contributed by atoms with Gasteiger partial charge in [0, 0.05) is 23.2 Å². The molecule has 1 aromatic carbocycles.